The molecule has 1 aromatic rings. The van der Waals surface area contributed by atoms with Crippen LogP contribution in [-0.2, 0) is 11.3 Å². The second-order valence-electron chi connectivity index (χ2n) is 5.64. The van der Waals surface area contributed by atoms with Crippen LogP contribution in [-0.4, -0.2) is 31.3 Å². The summed E-state index contributed by atoms with van der Waals surface area (Å²) in [7, 11) is 1.62. The van der Waals surface area contributed by atoms with Gasteiger partial charge >= 0.3 is 0 Å². The van der Waals surface area contributed by atoms with Crippen LogP contribution in [0.2, 0.25) is 0 Å². The fourth-order valence-corrected chi connectivity index (χ4v) is 2.90. The molecule has 0 saturated heterocycles. The SMILES string of the molecule is COCc1ccccc1C(=O)NCC1(CO)CCCC1. The first-order valence-electron chi connectivity index (χ1n) is 7.17. The fourth-order valence-electron chi connectivity index (χ4n) is 2.90. The van der Waals surface area contributed by atoms with Crippen molar-refractivity contribution in [3.8, 4) is 0 Å². The number of hydrogen-bond acceptors (Lipinski definition) is 3. The Bertz CT molecular complexity index is 453. The summed E-state index contributed by atoms with van der Waals surface area (Å²) in [5.74, 6) is -0.0858. The third kappa shape index (κ3) is 3.38. The molecule has 4 nitrogen and oxygen atoms in total. The van der Waals surface area contributed by atoms with Crippen molar-refractivity contribution in [1.82, 2.24) is 5.32 Å². The van der Waals surface area contributed by atoms with Crippen molar-refractivity contribution in [2.45, 2.75) is 32.3 Å². The molecule has 1 saturated carbocycles. The van der Waals surface area contributed by atoms with Gasteiger partial charge in [0.15, 0.2) is 0 Å². The number of aliphatic hydroxyl groups is 1. The molecule has 2 rings (SSSR count). The van der Waals surface area contributed by atoms with Crippen LogP contribution in [0.3, 0.4) is 0 Å². The van der Waals surface area contributed by atoms with E-state index in [1.807, 2.05) is 24.3 Å². The normalized spacial score (nSPS) is 17.1. The highest BCUT2D eigenvalue weighted by atomic mass is 16.5. The Morgan fingerprint density at radius 1 is 1.35 bits per heavy atom. The molecule has 0 atom stereocenters. The van der Waals surface area contributed by atoms with Gasteiger partial charge in [-0.05, 0) is 24.5 Å². The van der Waals surface area contributed by atoms with Crippen molar-refractivity contribution in [2.24, 2.45) is 5.41 Å². The van der Waals surface area contributed by atoms with Gasteiger partial charge in [0.1, 0.15) is 0 Å². The first-order valence-corrected chi connectivity index (χ1v) is 7.17. The molecule has 1 aliphatic rings. The summed E-state index contributed by atoms with van der Waals surface area (Å²) in [4.78, 5) is 12.3. The minimum absolute atomic E-state index is 0.0858. The van der Waals surface area contributed by atoms with Crippen LogP contribution in [0.5, 0.6) is 0 Å². The predicted molar refractivity (Wildman–Crippen MR) is 77.5 cm³/mol. The molecule has 0 bridgehead atoms. The third-order valence-electron chi connectivity index (χ3n) is 4.19. The Balaban J connectivity index is 2.01. The molecule has 0 radical (unpaired) electrons. The van der Waals surface area contributed by atoms with E-state index in [1.165, 1.54) is 0 Å². The molecule has 0 unspecified atom stereocenters. The van der Waals surface area contributed by atoms with Gasteiger partial charge in [-0.25, -0.2) is 0 Å². The zero-order valence-electron chi connectivity index (χ0n) is 12.0. The Labute approximate surface area is 120 Å². The number of aliphatic hydroxyl groups excluding tert-OH is 1. The molecule has 110 valence electrons. The van der Waals surface area contributed by atoms with E-state index in [-0.39, 0.29) is 17.9 Å². The van der Waals surface area contributed by atoms with Gasteiger partial charge in [0.05, 0.1) is 13.2 Å². The van der Waals surface area contributed by atoms with E-state index in [4.69, 9.17) is 4.74 Å². The summed E-state index contributed by atoms with van der Waals surface area (Å²) >= 11 is 0. The highest BCUT2D eigenvalue weighted by Gasteiger charge is 2.33. The van der Waals surface area contributed by atoms with Gasteiger partial charge in [-0.2, -0.15) is 0 Å². The van der Waals surface area contributed by atoms with Gasteiger partial charge in [0, 0.05) is 24.6 Å². The first kappa shape index (κ1) is 15.0. The Kier molecular flexibility index (Phi) is 5.15. The molecule has 1 amide bonds. The molecule has 2 N–H and O–H groups in total. The lowest BCUT2D eigenvalue weighted by Crippen LogP contribution is -2.38. The number of benzene rings is 1. The molecule has 1 aromatic carbocycles. The first-order chi connectivity index (χ1) is 9.71. The van der Waals surface area contributed by atoms with Crippen LogP contribution >= 0.6 is 0 Å². The number of methoxy groups -OCH3 is 1. The molecular formula is C16H23NO3. The van der Waals surface area contributed by atoms with Gasteiger partial charge in [-0.3, -0.25) is 4.79 Å². The zero-order valence-corrected chi connectivity index (χ0v) is 12.0. The van der Waals surface area contributed by atoms with E-state index in [9.17, 15) is 9.90 Å². The van der Waals surface area contributed by atoms with Crippen LogP contribution < -0.4 is 5.32 Å². The quantitative estimate of drug-likeness (QED) is 0.837. The van der Waals surface area contributed by atoms with Gasteiger partial charge in [0.2, 0.25) is 0 Å². The predicted octanol–water partition coefficient (Wildman–Crippen LogP) is 2.12. The minimum Gasteiger partial charge on any atom is -0.396 e. The lowest BCUT2D eigenvalue weighted by Gasteiger charge is -2.26. The molecule has 1 aliphatic carbocycles. The summed E-state index contributed by atoms with van der Waals surface area (Å²) in [5.41, 5.74) is 1.42. The number of rotatable bonds is 6. The maximum absolute atomic E-state index is 12.3. The topological polar surface area (TPSA) is 58.6 Å². The van der Waals surface area contributed by atoms with E-state index in [0.29, 0.717) is 18.7 Å². The second kappa shape index (κ2) is 6.86. The van der Waals surface area contributed by atoms with E-state index < -0.39 is 0 Å². The van der Waals surface area contributed by atoms with Crippen LogP contribution in [0.4, 0.5) is 0 Å². The molecule has 1 fully saturated rings. The van der Waals surface area contributed by atoms with E-state index in [1.54, 1.807) is 7.11 Å². The minimum atomic E-state index is -0.119. The van der Waals surface area contributed by atoms with Crippen LogP contribution in [0.25, 0.3) is 0 Å². The Morgan fingerprint density at radius 2 is 2.05 bits per heavy atom. The van der Waals surface area contributed by atoms with Crippen LogP contribution in [0.1, 0.15) is 41.6 Å². The van der Waals surface area contributed by atoms with Crippen molar-refractivity contribution < 1.29 is 14.6 Å². The summed E-state index contributed by atoms with van der Waals surface area (Å²) in [6, 6.07) is 7.46. The molecule has 0 heterocycles. The lowest BCUT2D eigenvalue weighted by molar-refractivity contribution is 0.0876. The van der Waals surface area contributed by atoms with Crippen molar-refractivity contribution >= 4 is 5.91 Å². The molecule has 0 aromatic heterocycles. The number of nitrogens with one attached hydrogen (secondary N) is 1. The van der Waals surface area contributed by atoms with E-state index in [0.717, 1.165) is 31.2 Å². The summed E-state index contributed by atoms with van der Waals surface area (Å²) in [6.07, 6.45) is 4.25. The van der Waals surface area contributed by atoms with Gasteiger partial charge in [-0.15, -0.1) is 0 Å². The fraction of sp³-hybridized carbons (Fsp3) is 0.562. The Morgan fingerprint density at radius 3 is 2.70 bits per heavy atom. The van der Waals surface area contributed by atoms with E-state index in [2.05, 4.69) is 5.32 Å². The maximum Gasteiger partial charge on any atom is 0.251 e. The monoisotopic (exact) mass is 277 g/mol. The third-order valence-corrected chi connectivity index (χ3v) is 4.19. The molecule has 0 spiro atoms. The number of hydrogen-bond donors (Lipinski definition) is 2. The number of amides is 1. The molecule has 4 heteroatoms. The lowest BCUT2D eigenvalue weighted by atomic mass is 9.87. The molecule has 0 aliphatic heterocycles. The van der Waals surface area contributed by atoms with Crippen molar-refractivity contribution in [3.05, 3.63) is 35.4 Å². The van der Waals surface area contributed by atoms with Crippen LogP contribution in [0, 0.1) is 5.41 Å². The summed E-state index contributed by atoms with van der Waals surface area (Å²) in [6.45, 7) is 1.12. The van der Waals surface area contributed by atoms with Gasteiger partial charge < -0.3 is 15.2 Å². The van der Waals surface area contributed by atoms with Crippen molar-refractivity contribution in [3.63, 3.8) is 0 Å². The number of carbonyl (C=O) groups excluding carboxylic acids is 1. The average Bonchev–Trinajstić information content (AvgIpc) is 2.95. The standard InChI is InChI=1S/C16H23NO3/c1-20-10-13-6-2-3-7-14(13)15(19)17-11-16(12-18)8-4-5-9-16/h2-3,6-7,18H,4-5,8-12H2,1H3,(H,17,19). The van der Waals surface area contributed by atoms with Gasteiger partial charge in [-0.1, -0.05) is 31.0 Å². The largest absolute Gasteiger partial charge is 0.396 e. The van der Waals surface area contributed by atoms with Crippen molar-refractivity contribution in [2.75, 3.05) is 20.3 Å². The van der Waals surface area contributed by atoms with Crippen molar-refractivity contribution in [1.29, 1.82) is 0 Å². The second-order valence-corrected chi connectivity index (χ2v) is 5.64. The zero-order chi connectivity index (χ0) is 14.4. The van der Waals surface area contributed by atoms with Crippen LogP contribution in [0.15, 0.2) is 24.3 Å². The smallest absolute Gasteiger partial charge is 0.251 e. The average molecular weight is 277 g/mol. The molecule has 20 heavy (non-hydrogen) atoms. The van der Waals surface area contributed by atoms with Gasteiger partial charge in [0.25, 0.3) is 5.91 Å². The summed E-state index contributed by atoms with van der Waals surface area (Å²) in [5, 5.41) is 12.5. The summed E-state index contributed by atoms with van der Waals surface area (Å²) < 4.78 is 5.12. The number of ether oxygens (including phenoxy) is 1. The molecular weight excluding hydrogens is 254 g/mol. The van der Waals surface area contributed by atoms with E-state index >= 15 is 0 Å². The highest BCUT2D eigenvalue weighted by molar-refractivity contribution is 5.95. The Hall–Kier alpha value is -1.39. The number of carbonyl (C=O) groups is 1. The maximum atomic E-state index is 12.3. The highest BCUT2D eigenvalue weighted by Crippen LogP contribution is 2.36.